The molecule has 0 unspecified atom stereocenters. The topological polar surface area (TPSA) is 29.5 Å². The van der Waals surface area contributed by atoms with Gasteiger partial charge in [-0.3, -0.25) is 9.69 Å². The third-order valence-electron chi connectivity index (χ3n) is 7.68. The molecule has 7 rings (SSSR count). The number of anilines is 1. The molecule has 3 nitrogen and oxygen atoms in total. The standard InChI is InChI=1S/C36H26BrNO2S/c37-29-22-20-25(21-23-29)32-24-36(28-16-8-3-9-17-28)38(30-18-10-11-19-31(30)41-32)35(39)33(26-12-4-1-5-13-26)34(40-36)27-14-6-2-7-15-27/h1-23,32H,24H2/t32-,36-/m0/s1. The molecule has 5 heteroatoms. The molecule has 0 radical (unpaired) electrons. The van der Waals surface area contributed by atoms with Gasteiger partial charge < -0.3 is 4.74 Å². The van der Waals surface area contributed by atoms with Crippen LogP contribution in [-0.4, -0.2) is 5.91 Å². The molecule has 200 valence electrons. The first-order chi connectivity index (χ1) is 20.1. The monoisotopic (exact) mass is 615 g/mol. The maximum atomic E-state index is 15.1. The van der Waals surface area contributed by atoms with Crippen molar-refractivity contribution in [1.29, 1.82) is 0 Å². The lowest BCUT2D eigenvalue weighted by Crippen LogP contribution is -2.55. The van der Waals surface area contributed by atoms with Gasteiger partial charge in [-0.2, -0.15) is 0 Å². The predicted octanol–water partition coefficient (Wildman–Crippen LogP) is 9.47. The quantitative estimate of drug-likeness (QED) is 0.202. The van der Waals surface area contributed by atoms with Crippen molar-refractivity contribution in [1.82, 2.24) is 0 Å². The van der Waals surface area contributed by atoms with Crippen LogP contribution < -0.4 is 4.90 Å². The van der Waals surface area contributed by atoms with Crippen LogP contribution in [0.2, 0.25) is 0 Å². The number of para-hydroxylation sites is 1. The van der Waals surface area contributed by atoms with E-state index in [-0.39, 0.29) is 11.2 Å². The van der Waals surface area contributed by atoms with Gasteiger partial charge in [0.2, 0.25) is 5.72 Å². The van der Waals surface area contributed by atoms with Gasteiger partial charge in [-0.05, 0) is 35.4 Å². The van der Waals surface area contributed by atoms with Crippen molar-refractivity contribution in [2.24, 2.45) is 0 Å². The average molecular weight is 617 g/mol. The lowest BCUT2D eigenvalue weighted by Gasteiger charge is -2.48. The van der Waals surface area contributed by atoms with Crippen LogP contribution in [0.3, 0.4) is 0 Å². The summed E-state index contributed by atoms with van der Waals surface area (Å²) in [5.74, 6) is 0.524. The third-order valence-corrected chi connectivity index (χ3v) is 9.53. The summed E-state index contributed by atoms with van der Waals surface area (Å²) in [5, 5.41) is 0.0255. The Morgan fingerprint density at radius 3 is 1.98 bits per heavy atom. The molecular formula is C36H26BrNO2S. The highest BCUT2D eigenvalue weighted by Gasteiger charge is 2.54. The van der Waals surface area contributed by atoms with E-state index in [4.69, 9.17) is 4.74 Å². The summed E-state index contributed by atoms with van der Waals surface area (Å²) in [4.78, 5) is 18.1. The fourth-order valence-corrected chi connectivity index (χ4v) is 7.39. The summed E-state index contributed by atoms with van der Waals surface area (Å²) in [5.41, 5.74) is 4.15. The van der Waals surface area contributed by atoms with E-state index in [0.717, 1.165) is 31.7 Å². The van der Waals surface area contributed by atoms with E-state index < -0.39 is 5.72 Å². The Labute approximate surface area is 252 Å². The molecule has 0 fully saturated rings. The van der Waals surface area contributed by atoms with Gasteiger partial charge in [0.05, 0.1) is 11.3 Å². The van der Waals surface area contributed by atoms with Gasteiger partial charge in [0, 0.05) is 32.2 Å². The molecule has 5 aromatic carbocycles. The van der Waals surface area contributed by atoms with Crippen molar-refractivity contribution in [3.8, 4) is 0 Å². The minimum Gasteiger partial charge on any atom is -0.462 e. The average Bonchev–Trinajstić information content (AvgIpc) is 3.18. The Hall–Kier alpha value is -4.06. The molecule has 2 heterocycles. The summed E-state index contributed by atoms with van der Waals surface area (Å²) >= 11 is 5.38. The van der Waals surface area contributed by atoms with Crippen molar-refractivity contribution in [2.45, 2.75) is 22.3 Å². The number of fused-ring (bicyclic) bond motifs is 3. The number of hydrogen-bond donors (Lipinski definition) is 0. The van der Waals surface area contributed by atoms with Crippen LogP contribution in [0.5, 0.6) is 0 Å². The number of hydrogen-bond acceptors (Lipinski definition) is 3. The SMILES string of the molecule is O=C1C(c2ccccc2)=C(c2ccccc2)O[C@]2(c3ccccc3)C[C@@H](c3ccc(Br)cc3)Sc3ccccc3N12. The maximum Gasteiger partial charge on any atom is 0.266 e. The third kappa shape index (κ3) is 4.59. The second-order valence-corrected chi connectivity index (χ2v) is 12.3. The van der Waals surface area contributed by atoms with E-state index in [1.165, 1.54) is 5.56 Å². The molecule has 0 aromatic heterocycles. The fourth-order valence-electron chi connectivity index (χ4n) is 5.78. The molecule has 0 saturated carbocycles. The van der Waals surface area contributed by atoms with Crippen LogP contribution in [0.1, 0.15) is 33.9 Å². The normalized spacial score (nSPS) is 20.1. The number of amides is 1. The van der Waals surface area contributed by atoms with E-state index in [0.29, 0.717) is 17.8 Å². The number of rotatable bonds is 4. The molecule has 0 bridgehead atoms. The van der Waals surface area contributed by atoms with Crippen LogP contribution in [0.4, 0.5) is 5.69 Å². The van der Waals surface area contributed by atoms with E-state index >= 15 is 4.79 Å². The second kappa shape index (κ2) is 10.7. The lowest BCUT2D eigenvalue weighted by molar-refractivity contribution is -0.120. The van der Waals surface area contributed by atoms with Crippen molar-refractivity contribution in [3.05, 3.63) is 166 Å². The number of halogens is 1. The highest BCUT2D eigenvalue weighted by atomic mass is 79.9. The van der Waals surface area contributed by atoms with Crippen LogP contribution in [0, 0.1) is 0 Å². The Balaban J connectivity index is 1.54. The molecule has 2 atom stereocenters. The highest BCUT2D eigenvalue weighted by molar-refractivity contribution is 9.10. The van der Waals surface area contributed by atoms with Gasteiger partial charge in [0.15, 0.2) is 0 Å². The number of thioether (sulfide) groups is 1. The first-order valence-electron chi connectivity index (χ1n) is 13.6. The number of carbonyl (C=O) groups excluding carboxylic acids is 1. The number of carbonyl (C=O) groups is 1. The van der Waals surface area contributed by atoms with Gasteiger partial charge in [0.1, 0.15) is 5.76 Å². The molecule has 0 saturated heterocycles. The van der Waals surface area contributed by atoms with Gasteiger partial charge in [0.25, 0.3) is 5.91 Å². The van der Waals surface area contributed by atoms with Crippen molar-refractivity contribution >= 4 is 50.6 Å². The molecule has 2 aliphatic heterocycles. The van der Waals surface area contributed by atoms with Gasteiger partial charge >= 0.3 is 0 Å². The summed E-state index contributed by atoms with van der Waals surface area (Å²) in [6, 6.07) is 46.7. The number of benzene rings is 5. The largest absolute Gasteiger partial charge is 0.462 e. The first-order valence-corrected chi connectivity index (χ1v) is 15.3. The highest BCUT2D eigenvalue weighted by Crippen LogP contribution is 2.58. The second-order valence-electron chi connectivity index (χ2n) is 10.2. The van der Waals surface area contributed by atoms with Crippen LogP contribution in [-0.2, 0) is 15.3 Å². The molecule has 0 spiro atoms. The molecule has 2 aliphatic rings. The molecular weight excluding hydrogens is 590 g/mol. The van der Waals surface area contributed by atoms with Crippen LogP contribution in [0.25, 0.3) is 11.3 Å². The number of nitrogens with zero attached hydrogens (tertiary/aromatic N) is 1. The summed E-state index contributed by atoms with van der Waals surface area (Å²) in [6.45, 7) is 0. The van der Waals surface area contributed by atoms with Crippen molar-refractivity contribution < 1.29 is 9.53 Å². The van der Waals surface area contributed by atoms with Crippen molar-refractivity contribution in [2.75, 3.05) is 4.90 Å². The molecule has 5 aromatic rings. The predicted molar refractivity (Wildman–Crippen MR) is 170 cm³/mol. The van der Waals surface area contributed by atoms with Crippen molar-refractivity contribution in [3.63, 3.8) is 0 Å². The fraction of sp³-hybridized carbons (Fsp3) is 0.0833. The Kier molecular flexibility index (Phi) is 6.77. The van der Waals surface area contributed by atoms with Crippen LogP contribution in [0.15, 0.2) is 149 Å². The zero-order valence-corrected chi connectivity index (χ0v) is 24.5. The summed E-state index contributed by atoms with van der Waals surface area (Å²) in [7, 11) is 0. The zero-order valence-electron chi connectivity index (χ0n) is 22.1. The van der Waals surface area contributed by atoms with E-state index in [9.17, 15) is 0 Å². The minimum absolute atomic E-state index is 0.0255. The van der Waals surface area contributed by atoms with E-state index in [1.54, 1.807) is 11.8 Å². The Bertz CT molecular complexity index is 1740. The Morgan fingerprint density at radius 1 is 0.707 bits per heavy atom. The zero-order chi connectivity index (χ0) is 27.8. The lowest BCUT2D eigenvalue weighted by atomic mass is 9.87. The summed E-state index contributed by atoms with van der Waals surface area (Å²) in [6.07, 6.45) is 0.558. The molecule has 0 aliphatic carbocycles. The maximum absolute atomic E-state index is 15.1. The van der Waals surface area contributed by atoms with Gasteiger partial charge in [-0.1, -0.05) is 131 Å². The smallest absolute Gasteiger partial charge is 0.266 e. The van der Waals surface area contributed by atoms with Gasteiger partial charge in [-0.15, -0.1) is 11.8 Å². The molecule has 1 amide bonds. The summed E-state index contributed by atoms with van der Waals surface area (Å²) < 4.78 is 8.39. The minimum atomic E-state index is -1.08. The molecule has 0 N–H and O–H groups in total. The number of ether oxygens (including phenoxy) is 1. The Morgan fingerprint density at radius 2 is 1.29 bits per heavy atom. The van der Waals surface area contributed by atoms with Gasteiger partial charge in [-0.25, -0.2) is 0 Å². The molecule has 41 heavy (non-hydrogen) atoms. The van der Waals surface area contributed by atoms with Crippen LogP contribution >= 0.6 is 27.7 Å². The first kappa shape index (κ1) is 25.9. The van der Waals surface area contributed by atoms with E-state index in [1.807, 2.05) is 102 Å². The van der Waals surface area contributed by atoms with E-state index in [2.05, 4.69) is 58.4 Å².